The minimum absolute atomic E-state index is 0.312. The van der Waals surface area contributed by atoms with Crippen molar-refractivity contribution in [3.05, 3.63) is 54.2 Å². The zero-order chi connectivity index (χ0) is 9.97. The summed E-state index contributed by atoms with van der Waals surface area (Å²) in [5.74, 6) is -1.18. The maximum absolute atomic E-state index is 13.3. The van der Waals surface area contributed by atoms with Gasteiger partial charge in [0.1, 0.15) is 11.6 Å². The van der Waals surface area contributed by atoms with Crippen LogP contribution >= 0.6 is 0 Å². The fourth-order valence-corrected chi connectivity index (χ4v) is 1.22. The molecule has 1 nitrogen and oxygen atoms in total. The van der Waals surface area contributed by atoms with Gasteiger partial charge in [-0.1, -0.05) is 6.07 Å². The molecule has 0 bridgehead atoms. The summed E-state index contributed by atoms with van der Waals surface area (Å²) in [4.78, 5) is 3.98. The molecule has 0 saturated heterocycles. The Hall–Kier alpha value is -1.77. The third kappa shape index (κ3) is 1.62. The Labute approximate surface area is 80.0 Å². The average Bonchev–Trinajstić information content (AvgIpc) is 2.19. The minimum atomic E-state index is -0.594. The number of benzene rings is 1. The van der Waals surface area contributed by atoms with E-state index >= 15 is 0 Å². The van der Waals surface area contributed by atoms with Gasteiger partial charge in [-0.2, -0.15) is 0 Å². The van der Waals surface area contributed by atoms with Crippen molar-refractivity contribution in [2.24, 2.45) is 0 Å². The predicted molar refractivity (Wildman–Crippen MR) is 49.6 cm³/mol. The van der Waals surface area contributed by atoms with Crippen molar-refractivity contribution in [1.82, 2.24) is 4.98 Å². The van der Waals surface area contributed by atoms with E-state index in [1.165, 1.54) is 12.1 Å². The van der Waals surface area contributed by atoms with Gasteiger partial charge in [0.05, 0.1) is 5.69 Å². The zero-order valence-electron chi connectivity index (χ0n) is 7.24. The molecule has 2 aromatic rings. The normalized spacial score (nSPS) is 10.1. The Balaban J connectivity index is 2.53. The van der Waals surface area contributed by atoms with E-state index in [9.17, 15) is 8.78 Å². The maximum atomic E-state index is 13.3. The molecule has 0 N–H and O–H groups in total. The number of halogens is 2. The zero-order valence-corrected chi connectivity index (χ0v) is 7.24. The molecule has 0 atom stereocenters. The minimum Gasteiger partial charge on any atom is -0.256 e. The summed E-state index contributed by atoms with van der Waals surface area (Å²) in [5, 5.41) is 0. The van der Waals surface area contributed by atoms with Gasteiger partial charge in [-0.05, 0) is 24.3 Å². The molecule has 1 aromatic heterocycles. The summed E-state index contributed by atoms with van der Waals surface area (Å²) in [6.45, 7) is 0. The molecular weight excluding hydrogens is 184 g/mol. The number of hydrogen-bond acceptors (Lipinski definition) is 1. The Morgan fingerprint density at radius 3 is 2.50 bits per heavy atom. The maximum Gasteiger partial charge on any atom is 0.135 e. The summed E-state index contributed by atoms with van der Waals surface area (Å²) in [7, 11) is 0. The van der Waals surface area contributed by atoms with Crippen LogP contribution in [0.1, 0.15) is 0 Å². The van der Waals surface area contributed by atoms with E-state index in [4.69, 9.17) is 0 Å². The lowest BCUT2D eigenvalue weighted by atomic mass is 10.1. The van der Waals surface area contributed by atoms with Crippen molar-refractivity contribution in [1.29, 1.82) is 0 Å². The number of rotatable bonds is 1. The van der Waals surface area contributed by atoms with Crippen LogP contribution < -0.4 is 0 Å². The topological polar surface area (TPSA) is 12.9 Å². The third-order valence-corrected chi connectivity index (χ3v) is 1.87. The van der Waals surface area contributed by atoms with Crippen LogP contribution in [0.5, 0.6) is 0 Å². The van der Waals surface area contributed by atoms with E-state index in [1.54, 1.807) is 24.4 Å². The van der Waals surface area contributed by atoms with E-state index in [-0.39, 0.29) is 0 Å². The molecule has 0 aliphatic heterocycles. The van der Waals surface area contributed by atoms with Gasteiger partial charge < -0.3 is 0 Å². The smallest absolute Gasteiger partial charge is 0.135 e. The first kappa shape index (κ1) is 8.81. The summed E-state index contributed by atoms with van der Waals surface area (Å²) in [5.41, 5.74) is 0.817. The van der Waals surface area contributed by atoms with Gasteiger partial charge >= 0.3 is 0 Å². The molecule has 1 aromatic carbocycles. The largest absolute Gasteiger partial charge is 0.256 e. The van der Waals surface area contributed by atoms with Gasteiger partial charge in [-0.25, -0.2) is 8.78 Å². The van der Waals surface area contributed by atoms with E-state index in [0.29, 0.717) is 11.3 Å². The van der Waals surface area contributed by atoms with Crippen molar-refractivity contribution in [2.75, 3.05) is 0 Å². The second-order valence-corrected chi connectivity index (χ2v) is 2.84. The van der Waals surface area contributed by atoms with Crippen molar-refractivity contribution < 1.29 is 8.78 Å². The molecule has 0 aliphatic carbocycles. The number of nitrogens with zero attached hydrogens (tertiary/aromatic N) is 1. The highest BCUT2D eigenvalue weighted by Gasteiger charge is 2.05. The van der Waals surface area contributed by atoms with Crippen LogP contribution in [0.3, 0.4) is 0 Å². The summed E-state index contributed by atoms with van der Waals surface area (Å²) < 4.78 is 25.9. The number of pyridine rings is 1. The van der Waals surface area contributed by atoms with E-state index in [0.717, 1.165) is 6.07 Å². The first-order chi connectivity index (χ1) is 6.77. The van der Waals surface area contributed by atoms with Crippen LogP contribution in [0.2, 0.25) is 0 Å². The number of hydrogen-bond donors (Lipinski definition) is 0. The summed E-state index contributed by atoms with van der Waals surface area (Å²) in [6.07, 6.45) is 1.57. The lowest BCUT2D eigenvalue weighted by molar-refractivity contribution is 0.585. The van der Waals surface area contributed by atoms with Gasteiger partial charge in [0.15, 0.2) is 0 Å². The van der Waals surface area contributed by atoms with Crippen molar-refractivity contribution >= 4 is 0 Å². The fraction of sp³-hybridized carbons (Fsp3) is 0. The Morgan fingerprint density at radius 2 is 1.86 bits per heavy atom. The Kier molecular flexibility index (Phi) is 2.23. The fourth-order valence-electron chi connectivity index (χ4n) is 1.22. The summed E-state index contributed by atoms with van der Waals surface area (Å²) >= 11 is 0. The van der Waals surface area contributed by atoms with Crippen molar-refractivity contribution in [3.8, 4) is 11.3 Å². The molecule has 0 amide bonds. The van der Waals surface area contributed by atoms with Crippen LogP contribution in [0.4, 0.5) is 8.78 Å². The molecule has 0 saturated carbocycles. The molecule has 0 radical (unpaired) electrons. The molecule has 70 valence electrons. The Morgan fingerprint density at radius 1 is 1.00 bits per heavy atom. The number of aromatic nitrogens is 1. The van der Waals surface area contributed by atoms with Gasteiger partial charge in [0.2, 0.25) is 0 Å². The first-order valence-electron chi connectivity index (χ1n) is 4.14. The standard InChI is InChI=1S/C11H7F2N/c12-8-4-5-9(10(13)7-8)11-3-1-2-6-14-11/h1-7H. The highest BCUT2D eigenvalue weighted by Crippen LogP contribution is 2.20. The van der Waals surface area contributed by atoms with Crippen molar-refractivity contribution in [2.45, 2.75) is 0 Å². The van der Waals surface area contributed by atoms with E-state index < -0.39 is 11.6 Å². The van der Waals surface area contributed by atoms with Gasteiger partial charge in [0.25, 0.3) is 0 Å². The highest BCUT2D eigenvalue weighted by molar-refractivity contribution is 5.59. The van der Waals surface area contributed by atoms with E-state index in [2.05, 4.69) is 4.98 Å². The molecule has 2 rings (SSSR count). The first-order valence-corrected chi connectivity index (χ1v) is 4.14. The Bertz CT molecular complexity index is 440. The van der Waals surface area contributed by atoms with Crippen LogP contribution in [-0.4, -0.2) is 4.98 Å². The lowest BCUT2D eigenvalue weighted by Gasteiger charge is -2.01. The van der Waals surface area contributed by atoms with Gasteiger partial charge in [-0.3, -0.25) is 4.98 Å². The second kappa shape index (κ2) is 3.54. The van der Waals surface area contributed by atoms with Crippen LogP contribution in [0, 0.1) is 11.6 Å². The van der Waals surface area contributed by atoms with Crippen LogP contribution in [0.25, 0.3) is 11.3 Å². The predicted octanol–water partition coefficient (Wildman–Crippen LogP) is 3.03. The molecular formula is C11H7F2N. The SMILES string of the molecule is Fc1ccc(-c2ccccn2)c(F)c1. The lowest BCUT2D eigenvalue weighted by Crippen LogP contribution is -1.88. The molecule has 0 unspecified atom stereocenters. The van der Waals surface area contributed by atoms with Crippen LogP contribution in [-0.2, 0) is 0 Å². The second-order valence-electron chi connectivity index (χ2n) is 2.84. The third-order valence-electron chi connectivity index (χ3n) is 1.87. The van der Waals surface area contributed by atoms with Crippen LogP contribution in [0.15, 0.2) is 42.6 Å². The van der Waals surface area contributed by atoms with E-state index in [1.807, 2.05) is 0 Å². The molecule has 3 heteroatoms. The molecule has 1 heterocycles. The highest BCUT2D eigenvalue weighted by atomic mass is 19.1. The molecule has 0 fully saturated rings. The van der Waals surface area contributed by atoms with Gasteiger partial charge in [0, 0.05) is 17.8 Å². The molecule has 14 heavy (non-hydrogen) atoms. The molecule has 0 spiro atoms. The quantitative estimate of drug-likeness (QED) is 0.675. The monoisotopic (exact) mass is 191 g/mol. The van der Waals surface area contributed by atoms with Gasteiger partial charge in [-0.15, -0.1) is 0 Å². The summed E-state index contributed by atoms with van der Waals surface area (Å²) in [6, 6.07) is 8.62. The average molecular weight is 191 g/mol. The molecule has 0 aliphatic rings. The van der Waals surface area contributed by atoms with Crippen molar-refractivity contribution in [3.63, 3.8) is 0 Å².